The summed E-state index contributed by atoms with van der Waals surface area (Å²) in [5, 5.41) is 2.95. The number of allylic oxidation sites excluding steroid dienone is 1. The first kappa shape index (κ1) is 23.0. The Morgan fingerprint density at radius 1 is 1.27 bits per heavy atom. The van der Waals surface area contributed by atoms with Crippen LogP contribution in [0.1, 0.15) is 59.3 Å². The van der Waals surface area contributed by atoms with E-state index in [-0.39, 0.29) is 46.8 Å². The minimum absolute atomic E-state index is 0.0178. The molecule has 0 radical (unpaired) electrons. The second-order valence-corrected chi connectivity index (χ2v) is 9.94. The third kappa shape index (κ3) is 3.83. The van der Waals surface area contributed by atoms with Crippen LogP contribution in [0.15, 0.2) is 11.6 Å². The van der Waals surface area contributed by atoms with Gasteiger partial charge in [0.15, 0.2) is 0 Å². The zero-order chi connectivity index (χ0) is 22.1. The average molecular weight is 420 g/mol. The molecule has 1 N–H and O–H groups in total. The number of ketones is 1. The number of methoxy groups -OCH3 is 1. The van der Waals surface area contributed by atoms with Crippen LogP contribution in [0.25, 0.3) is 0 Å². The molecule has 0 amide bonds. The second-order valence-electron chi connectivity index (χ2n) is 9.94. The van der Waals surface area contributed by atoms with Gasteiger partial charge in [0, 0.05) is 25.0 Å². The third-order valence-electron chi connectivity index (χ3n) is 8.45. The van der Waals surface area contributed by atoms with Crippen molar-refractivity contribution < 1.29 is 23.9 Å². The molecule has 0 saturated heterocycles. The highest BCUT2D eigenvalue weighted by Crippen LogP contribution is 2.64. The van der Waals surface area contributed by atoms with E-state index in [0.29, 0.717) is 19.6 Å². The van der Waals surface area contributed by atoms with Gasteiger partial charge < -0.3 is 14.8 Å². The van der Waals surface area contributed by atoms with Gasteiger partial charge in [-0.15, -0.1) is 0 Å². The third-order valence-corrected chi connectivity index (χ3v) is 8.45. The van der Waals surface area contributed by atoms with Crippen molar-refractivity contribution in [3.05, 3.63) is 11.6 Å². The molecule has 0 bridgehead atoms. The molecule has 0 aromatic carbocycles. The van der Waals surface area contributed by atoms with Gasteiger partial charge in [-0.05, 0) is 62.8 Å². The van der Waals surface area contributed by atoms with Crippen molar-refractivity contribution in [1.29, 1.82) is 0 Å². The number of hydrogen-bond acceptors (Lipinski definition) is 6. The summed E-state index contributed by atoms with van der Waals surface area (Å²) < 4.78 is 10.4. The Morgan fingerprint density at radius 2 is 2.00 bits per heavy atom. The molecule has 0 aliphatic heterocycles. The SMILES string of the molecule is CNCCOC(=O)/C=C1\CCC2C(C(=O)CC3C(C)(C(=O)OC)CCCC23C)C1C. The van der Waals surface area contributed by atoms with Crippen LogP contribution >= 0.6 is 0 Å². The average Bonchev–Trinajstić information content (AvgIpc) is 2.71. The molecule has 6 nitrogen and oxygen atoms in total. The summed E-state index contributed by atoms with van der Waals surface area (Å²) in [4.78, 5) is 38.3. The minimum Gasteiger partial charge on any atom is -0.469 e. The Morgan fingerprint density at radius 3 is 2.67 bits per heavy atom. The van der Waals surface area contributed by atoms with Crippen LogP contribution in [-0.2, 0) is 23.9 Å². The number of carbonyl (C=O) groups excluding carboxylic acids is 3. The minimum atomic E-state index is -0.598. The zero-order valence-electron chi connectivity index (χ0n) is 19.1. The van der Waals surface area contributed by atoms with Gasteiger partial charge in [0.2, 0.25) is 0 Å². The largest absolute Gasteiger partial charge is 0.469 e. The summed E-state index contributed by atoms with van der Waals surface area (Å²) in [7, 11) is 3.26. The van der Waals surface area contributed by atoms with Crippen molar-refractivity contribution in [3.8, 4) is 0 Å². The van der Waals surface area contributed by atoms with Crippen LogP contribution in [0.2, 0.25) is 0 Å². The number of likely N-dealkylation sites (N-methyl/N-ethyl adjacent to an activating group) is 1. The molecule has 0 spiro atoms. The highest BCUT2D eigenvalue weighted by molar-refractivity contribution is 5.87. The van der Waals surface area contributed by atoms with Crippen LogP contribution in [0, 0.1) is 34.5 Å². The molecule has 6 unspecified atom stereocenters. The molecule has 3 rings (SSSR count). The first-order valence-electron chi connectivity index (χ1n) is 11.3. The Balaban J connectivity index is 1.84. The molecule has 6 atom stereocenters. The highest BCUT2D eigenvalue weighted by atomic mass is 16.5. The lowest BCUT2D eigenvalue weighted by atomic mass is 9.43. The molecule has 168 valence electrons. The number of hydrogen-bond donors (Lipinski definition) is 1. The predicted octanol–water partition coefficient (Wildman–Crippen LogP) is 3.30. The van der Waals surface area contributed by atoms with E-state index in [1.165, 1.54) is 7.11 Å². The van der Waals surface area contributed by atoms with Gasteiger partial charge >= 0.3 is 11.9 Å². The Labute approximate surface area is 180 Å². The molecule has 3 saturated carbocycles. The summed E-state index contributed by atoms with van der Waals surface area (Å²) in [6, 6.07) is 0. The molecular weight excluding hydrogens is 382 g/mol. The number of Topliss-reactive ketones (excluding diaryl/α,β-unsaturated/α-hetero) is 1. The predicted molar refractivity (Wildman–Crippen MR) is 114 cm³/mol. The van der Waals surface area contributed by atoms with Gasteiger partial charge in [-0.25, -0.2) is 4.79 Å². The van der Waals surface area contributed by atoms with Crippen LogP contribution < -0.4 is 5.32 Å². The summed E-state index contributed by atoms with van der Waals surface area (Å²) in [5.74, 6) is -0.0772. The summed E-state index contributed by atoms with van der Waals surface area (Å²) >= 11 is 0. The lowest BCUT2D eigenvalue weighted by Crippen LogP contribution is -2.59. The number of carbonyl (C=O) groups is 3. The summed E-state index contributed by atoms with van der Waals surface area (Å²) in [5.41, 5.74) is 0.360. The highest BCUT2D eigenvalue weighted by Gasteiger charge is 2.62. The van der Waals surface area contributed by atoms with Crippen molar-refractivity contribution in [2.45, 2.75) is 59.3 Å². The van der Waals surface area contributed by atoms with Crippen molar-refractivity contribution in [2.24, 2.45) is 34.5 Å². The standard InChI is InChI=1S/C24H37NO5/c1-15-16(13-20(27)30-12-11-25-4)7-8-17-21(15)18(26)14-19-23(17,2)9-6-10-24(19,3)22(28)29-5/h13,15,17,19,21,25H,6-12,14H2,1-5H3/b16-13+. The first-order chi connectivity index (χ1) is 14.2. The van der Waals surface area contributed by atoms with E-state index >= 15 is 0 Å². The van der Waals surface area contributed by atoms with E-state index in [1.807, 2.05) is 14.0 Å². The van der Waals surface area contributed by atoms with E-state index in [2.05, 4.69) is 19.2 Å². The summed E-state index contributed by atoms with van der Waals surface area (Å²) in [6.45, 7) is 7.31. The van der Waals surface area contributed by atoms with Crippen LogP contribution in [0.5, 0.6) is 0 Å². The van der Waals surface area contributed by atoms with E-state index < -0.39 is 5.41 Å². The van der Waals surface area contributed by atoms with Crippen LogP contribution in [-0.4, -0.2) is 45.0 Å². The number of ether oxygens (including phenoxy) is 2. The first-order valence-corrected chi connectivity index (χ1v) is 11.3. The molecular formula is C24H37NO5. The maximum atomic E-state index is 13.4. The number of rotatable bonds is 5. The number of esters is 2. The van der Waals surface area contributed by atoms with Gasteiger partial charge in [-0.2, -0.15) is 0 Å². The molecule has 3 aliphatic rings. The molecule has 6 heteroatoms. The quantitative estimate of drug-likeness (QED) is 0.418. The fraction of sp³-hybridized carbons (Fsp3) is 0.792. The van der Waals surface area contributed by atoms with Gasteiger partial charge in [0.05, 0.1) is 12.5 Å². The molecule has 0 aromatic heterocycles. The Hall–Kier alpha value is -1.69. The van der Waals surface area contributed by atoms with Crippen LogP contribution in [0.4, 0.5) is 0 Å². The molecule has 3 fully saturated rings. The van der Waals surface area contributed by atoms with Gasteiger partial charge in [-0.1, -0.05) is 25.8 Å². The fourth-order valence-corrected chi connectivity index (χ4v) is 6.83. The van der Waals surface area contributed by atoms with E-state index in [1.54, 1.807) is 6.08 Å². The van der Waals surface area contributed by atoms with Crippen molar-refractivity contribution >= 4 is 17.7 Å². The van der Waals surface area contributed by atoms with Crippen molar-refractivity contribution in [2.75, 3.05) is 27.3 Å². The second kappa shape index (κ2) is 8.81. The van der Waals surface area contributed by atoms with E-state index in [4.69, 9.17) is 9.47 Å². The topological polar surface area (TPSA) is 81.7 Å². The number of fused-ring (bicyclic) bond motifs is 3. The smallest absolute Gasteiger partial charge is 0.330 e. The van der Waals surface area contributed by atoms with E-state index in [9.17, 15) is 14.4 Å². The van der Waals surface area contributed by atoms with Crippen molar-refractivity contribution in [1.82, 2.24) is 5.32 Å². The maximum absolute atomic E-state index is 13.4. The van der Waals surface area contributed by atoms with Crippen molar-refractivity contribution in [3.63, 3.8) is 0 Å². The summed E-state index contributed by atoms with van der Waals surface area (Å²) in [6.07, 6.45) is 6.50. The monoisotopic (exact) mass is 419 g/mol. The maximum Gasteiger partial charge on any atom is 0.330 e. The normalized spacial score (nSPS) is 39.8. The molecule has 0 heterocycles. The number of nitrogens with one attached hydrogen (secondary N) is 1. The fourth-order valence-electron chi connectivity index (χ4n) is 6.83. The lowest BCUT2D eigenvalue weighted by molar-refractivity contribution is -0.178. The van der Waals surface area contributed by atoms with Gasteiger partial charge in [-0.3, -0.25) is 9.59 Å². The van der Waals surface area contributed by atoms with Gasteiger partial charge in [0.25, 0.3) is 0 Å². The van der Waals surface area contributed by atoms with Gasteiger partial charge in [0.1, 0.15) is 12.4 Å². The Bertz CT molecular complexity index is 731. The lowest BCUT2D eigenvalue weighted by Gasteiger charge is -2.60. The molecule has 30 heavy (non-hydrogen) atoms. The Kier molecular flexibility index (Phi) is 6.75. The molecule has 3 aliphatic carbocycles. The zero-order valence-corrected chi connectivity index (χ0v) is 19.1. The molecule has 0 aromatic rings. The van der Waals surface area contributed by atoms with E-state index in [0.717, 1.165) is 37.7 Å². The van der Waals surface area contributed by atoms with Crippen LogP contribution in [0.3, 0.4) is 0 Å².